The smallest absolute Gasteiger partial charge is 0.249 e. The van der Waals surface area contributed by atoms with Crippen LogP contribution < -0.4 is 11.1 Å². The van der Waals surface area contributed by atoms with Crippen LogP contribution in [0.25, 0.3) is 0 Å². The zero-order chi connectivity index (χ0) is 14.4. The topological polar surface area (TPSA) is 84.7 Å². The molecular formula is C14H20ClN3O3. The van der Waals surface area contributed by atoms with Gasteiger partial charge in [0.2, 0.25) is 11.8 Å². The van der Waals surface area contributed by atoms with E-state index in [9.17, 15) is 9.59 Å². The first-order valence-electron chi connectivity index (χ1n) is 6.61. The number of carbonyl (C=O) groups is 2. The van der Waals surface area contributed by atoms with Crippen molar-refractivity contribution < 1.29 is 14.3 Å². The number of carbonyl (C=O) groups excluding carboxylic acids is 2. The molecule has 1 aromatic carbocycles. The van der Waals surface area contributed by atoms with Gasteiger partial charge in [0, 0.05) is 19.6 Å². The highest BCUT2D eigenvalue weighted by Gasteiger charge is 2.33. The number of ether oxygens (including phenoxy) is 1. The van der Waals surface area contributed by atoms with Gasteiger partial charge in [0.15, 0.2) is 0 Å². The van der Waals surface area contributed by atoms with E-state index in [0.29, 0.717) is 19.6 Å². The molecule has 1 heterocycles. The molecule has 21 heavy (non-hydrogen) atoms. The van der Waals surface area contributed by atoms with Gasteiger partial charge >= 0.3 is 0 Å². The molecule has 0 saturated carbocycles. The lowest BCUT2D eigenvalue weighted by Gasteiger charge is -2.34. The summed E-state index contributed by atoms with van der Waals surface area (Å²) >= 11 is 0. The van der Waals surface area contributed by atoms with E-state index in [0.717, 1.165) is 5.56 Å². The number of morpholine rings is 1. The minimum absolute atomic E-state index is 0. The molecule has 2 rings (SSSR count). The third-order valence-corrected chi connectivity index (χ3v) is 3.14. The first-order valence-corrected chi connectivity index (χ1v) is 6.61. The van der Waals surface area contributed by atoms with Crippen LogP contribution in [-0.2, 0) is 20.9 Å². The summed E-state index contributed by atoms with van der Waals surface area (Å²) in [6.07, 6.45) is 0. The zero-order valence-electron chi connectivity index (χ0n) is 11.7. The van der Waals surface area contributed by atoms with Crippen molar-refractivity contribution in [2.75, 3.05) is 26.3 Å². The molecule has 3 N–H and O–H groups in total. The Labute approximate surface area is 130 Å². The third kappa shape index (κ3) is 4.70. The molecule has 0 spiro atoms. The van der Waals surface area contributed by atoms with Crippen LogP contribution in [0.15, 0.2) is 30.3 Å². The predicted molar refractivity (Wildman–Crippen MR) is 80.9 cm³/mol. The second kappa shape index (κ2) is 8.61. The van der Waals surface area contributed by atoms with Crippen LogP contribution in [0, 0.1) is 0 Å². The molecule has 0 aromatic heterocycles. The van der Waals surface area contributed by atoms with E-state index in [2.05, 4.69) is 5.32 Å². The number of amides is 2. The first-order chi connectivity index (χ1) is 9.72. The molecule has 2 amide bonds. The number of hydrogen-bond acceptors (Lipinski definition) is 4. The number of nitrogens with zero attached hydrogens (tertiary/aromatic N) is 1. The van der Waals surface area contributed by atoms with E-state index >= 15 is 0 Å². The maximum Gasteiger partial charge on any atom is 0.249 e. The van der Waals surface area contributed by atoms with Crippen molar-refractivity contribution in [2.24, 2.45) is 5.73 Å². The average Bonchev–Trinajstić information content (AvgIpc) is 2.48. The van der Waals surface area contributed by atoms with Crippen LogP contribution >= 0.6 is 12.4 Å². The van der Waals surface area contributed by atoms with Gasteiger partial charge in [-0.25, -0.2) is 0 Å². The number of nitrogens with one attached hydrogen (secondary N) is 1. The highest BCUT2D eigenvalue weighted by Crippen LogP contribution is 2.13. The molecular weight excluding hydrogens is 294 g/mol. The van der Waals surface area contributed by atoms with Crippen molar-refractivity contribution in [2.45, 2.75) is 12.6 Å². The summed E-state index contributed by atoms with van der Waals surface area (Å²) in [5.74, 6) is -0.396. The van der Waals surface area contributed by atoms with Crippen LogP contribution in [0.3, 0.4) is 0 Å². The van der Waals surface area contributed by atoms with Gasteiger partial charge in [0.1, 0.15) is 12.6 Å². The summed E-state index contributed by atoms with van der Waals surface area (Å²) < 4.78 is 5.18. The van der Waals surface area contributed by atoms with Gasteiger partial charge < -0.3 is 20.7 Å². The lowest BCUT2D eigenvalue weighted by molar-refractivity contribution is -0.155. The lowest BCUT2D eigenvalue weighted by atomic mass is 10.1. The molecule has 0 radical (unpaired) electrons. The van der Waals surface area contributed by atoms with E-state index in [1.54, 1.807) is 4.90 Å². The first kappa shape index (κ1) is 17.4. The highest BCUT2D eigenvalue weighted by molar-refractivity contribution is 5.89. The largest absolute Gasteiger partial charge is 0.369 e. The van der Waals surface area contributed by atoms with Crippen LogP contribution in [0.5, 0.6) is 0 Å². The molecule has 1 aliphatic rings. The Bertz CT molecular complexity index is 470. The van der Waals surface area contributed by atoms with Gasteiger partial charge in [-0.05, 0) is 5.56 Å². The summed E-state index contributed by atoms with van der Waals surface area (Å²) in [5, 5.41) is 2.70. The van der Waals surface area contributed by atoms with E-state index < -0.39 is 6.04 Å². The quantitative estimate of drug-likeness (QED) is 0.796. The normalized spacial score (nSPS) is 18.0. The molecule has 116 valence electrons. The molecule has 0 bridgehead atoms. The fourth-order valence-corrected chi connectivity index (χ4v) is 2.11. The van der Waals surface area contributed by atoms with Crippen LogP contribution in [0.4, 0.5) is 0 Å². The van der Waals surface area contributed by atoms with Crippen LogP contribution in [-0.4, -0.2) is 49.1 Å². The summed E-state index contributed by atoms with van der Waals surface area (Å²) in [7, 11) is 0. The number of halogens is 1. The molecule has 1 aliphatic heterocycles. The number of benzene rings is 1. The molecule has 1 atom stereocenters. The van der Waals surface area contributed by atoms with E-state index in [4.69, 9.17) is 10.5 Å². The summed E-state index contributed by atoms with van der Waals surface area (Å²) in [6, 6.07) is 8.99. The van der Waals surface area contributed by atoms with E-state index in [-0.39, 0.29) is 37.4 Å². The van der Waals surface area contributed by atoms with Crippen molar-refractivity contribution >= 4 is 24.2 Å². The highest BCUT2D eigenvalue weighted by atomic mass is 35.5. The number of hydrogen-bond donors (Lipinski definition) is 2. The molecule has 1 aromatic rings. The Hall–Kier alpha value is -1.63. The predicted octanol–water partition coefficient (Wildman–Crippen LogP) is -0.0893. The lowest BCUT2D eigenvalue weighted by Crippen LogP contribution is -2.56. The van der Waals surface area contributed by atoms with Gasteiger partial charge in [-0.1, -0.05) is 30.3 Å². The zero-order valence-corrected chi connectivity index (χ0v) is 12.5. The van der Waals surface area contributed by atoms with Crippen molar-refractivity contribution in [3.05, 3.63) is 35.9 Å². The van der Waals surface area contributed by atoms with Gasteiger partial charge in [0.25, 0.3) is 0 Å². The van der Waals surface area contributed by atoms with E-state index in [1.165, 1.54) is 0 Å². The van der Waals surface area contributed by atoms with Gasteiger partial charge in [-0.15, -0.1) is 12.4 Å². The summed E-state index contributed by atoms with van der Waals surface area (Å²) in [4.78, 5) is 25.6. The molecule has 6 nitrogen and oxygen atoms in total. The third-order valence-electron chi connectivity index (χ3n) is 3.14. The van der Waals surface area contributed by atoms with Gasteiger partial charge in [-0.2, -0.15) is 0 Å². The summed E-state index contributed by atoms with van der Waals surface area (Å²) in [5.41, 5.74) is 6.35. The van der Waals surface area contributed by atoms with Gasteiger partial charge in [0.05, 0.1) is 6.61 Å². The number of rotatable bonds is 5. The van der Waals surface area contributed by atoms with Crippen molar-refractivity contribution in [1.82, 2.24) is 10.2 Å². The van der Waals surface area contributed by atoms with Crippen molar-refractivity contribution in [3.63, 3.8) is 0 Å². The monoisotopic (exact) mass is 313 g/mol. The Morgan fingerprint density at radius 3 is 2.76 bits per heavy atom. The minimum Gasteiger partial charge on any atom is -0.369 e. The average molecular weight is 314 g/mol. The maximum atomic E-state index is 12.1. The second-order valence-corrected chi connectivity index (χ2v) is 4.62. The summed E-state index contributed by atoms with van der Waals surface area (Å²) in [6.45, 7) is 1.40. The fraction of sp³-hybridized carbons (Fsp3) is 0.429. The number of nitrogens with two attached hydrogens (primary N) is 1. The van der Waals surface area contributed by atoms with Gasteiger partial charge in [-0.3, -0.25) is 9.59 Å². The minimum atomic E-state index is -0.594. The second-order valence-electron chi connectivity index (χ2n) is 4.62. The standard InChI is InChI=1S/C14H19N3O3.ClH/c15-6-7-16-14(19)12-9-20-10-13(18)17(12)8-11-4-2-1-3-5-11;/h1-5,12H,6-10,15H2,(H,16,19);1H/t12-;/m1./s1. The molecule has 1 fully saturated rings. The van der Waals surface area contributed by atoms with Crippen molar-refractivity contribution in [3.8, 4) is 0 Å². The maximum absolute atomic E-state index is 12.1. The van der Waals surface area contributed by atoms with Crippen molar-refractivity contribution in [1.29, 1.82) is 0 Å². The van der Waals surface area contributed by atoms with E-state index in [1.807, 2.05) is 30.3 Å². The van der Waals surface area contributed by atoms with Crippen LogP contribution in [0.2, 0.25) is 0 Å². The molecule has 7 heteroatoms. The Morgan fingerprint density at radius 1 is 1.38 bits per heavy atom. The molecule has 1 saturated heterocycles. The Kier molecular flexibility index (Phi) is 7.14. The SMILES string of the molecule is Cl.NCCNC(=O)[C@H]1COCC(=O)N1Cc1ccccc1. The Morgan fingerprint density at radius 2 is 2.10 bits per heavy atom. The Balaban J connectivity index is 0.00000220. The molecule has 0 aliphatic carbocycles. The molecule has 0 unspecified atom stereocenters. The fourth-order valence-electron chi connectivity index (χ4n) is 2.11. The van der Waals surface area contributed by atoms with Crippen LogP contribution in [0.1, 0.15) is 5.56 Å².